The summed E-state index contributed by atoms with van der Waals surface area (Å²) < 4.78 is 0. The molecule has 5 nitrogen and oxygen atoms in total. The Morgan fingerprint density at radius 1 is 1.55 bits per heavy atom. The number of nitrogens with one attached hydrogen (secondary N) is 1. The molecule has 20 heavy (non-hydrogen) atoms. The average Bonchev–Trinajstić information content (AvgIpc) is 3.05. The number of hydrogen-bond acceptors (Lipinski definition) is 5. The zero-order valence-corrected chi connectivity index (χ0v) is 13.1. The third kappa shape index (κ3) is 3.98. The molecule has 2 heterocycles. The molecule has 6 heteroatoms. The van der Waals surface area contributed by atoms with Gasteiger partial charge in [-0.05, 0) is 45.0 Å². The summed E-state index contributed by atoms with van der Waals surface area (Å²) in [5.41, 5.74) is 2.28. The number of thiophene rings is 1. The lowest BCUT2D eigenvalue weighted by atomic mass is 10.1. The molecule has 2 rings (SSSR count). The molecule has 1 atom stereocenters. The maximum absolute atomic E-state index is 4.00. The van der Waals surface area contributed by atoms with Crippen LogP contribution in [0.25, 0.3) is 11.4 Å². The summed E-state index contributed by atoms with van der Waals surface area (Å²) >= 11 is 1.74. The summed E-state index contributed by atoms with van der Waals surface area (Å²) in [7, 11) is 2.16. The van der Waals surface area contributed by atoms with Crippen LogP contribution in [-0.2, 0) is 6.54 Å². The van der Waals surface area contributed by atoms with Crippen LogP contribution in [0.3, 0.4) is 0 Å². The number of hydrogen-bond donors (Lipinski definition) is 1. The smallest absolute Gasteiger partial charge is 0.205 e. The molecule has 0 fully saturated rings. The average molecular weight is 291 g/mol. The van der Waals surface area contributed by atoms with E-state index < -0.39 is 0 Å². The maximum Gasteiger partial charge on any atom is 0.205 e. The van der Waals surface area contributed by atoms with Crippen LogP contribution in [0.2, 0.25) is 0 Å². The van der Waals surface area contributed by atoms with E-state index in [1.54, 1.807) is 11.3 Å². The molecule has 0 spiro atoms. The Labute approximate surface area is 123 Å². The first-order valence-electron chi connectivity index (χ1n) is 6.72. The highest BCUT2D eigenvalue weighted by molar-refractivity contribution is 7.10. The summed E-state index contributed by atoms with van der Waals surface area (Å²) in [4.78, 5) is 3.68. The molecule has 1 unspecified atom stereocenters. The van der Waals surface area contributed by atoms with Crippen LogP contribution in [0, 0.1) is 0 Å². The largest absolute Gasteiger partial charge is 0.299 e. The molecule has 0 aromatic carbocycles. The Hall–Kier alpha value is -1.53. The van der Waals surface area contributed by atoms with Crippen LogP contribution in [-0.4, -0.2) is 38.6 Å². The van der Waals surface area contributed by atoms with Gasteiger partial charge >= 0.3 is 0 Å². The van der Waals surface area contributed by atoms with Crippen molar-refractivity contribution in [3.8, 4) is 11.4 Å². The minimum atomic E-state index is 0.544. The first-order chi connectivity index (χ1) is 9.56. The first-order valence-corrected chi connectivity index (χ1v) is 7.60. The van der Waals surface area contributed by atoms with Gasteiger partial charge in [-0.1, -0.05) is 5.57 Å². The van der Waals surface area contributed by atoms with Gasteiger partial charge < -0.3 is 0 Å². The lowest BCUT2D eigenvalue weighted by Crippen LogP contribution is -2.28. The van der Waals surface area contributed by atoms with Gasteiger partial charge in [-0.2, -0.15) is 5.21 Å². The second kappa shape index (κ2) is 6.76. The Morgan fingerprint density at radius 3 is 3.00 bits per heavy atom. The Balaban J connectivity index is 1.91. The molecule has 0 aliphatic carbocycles. The quantitative estimate of drug-likeness (QED) is 0.796. The minimum Gasteiger partial charge on any atom is -0.299 e. The Kier molecular flexibility index (Phi) is 5.03. The van der Waals surface area contributed by atoms with Gasteiger partial charge in [0, 0.05) is 28.4 Å². The molecule has 2 aromatic rings. The Morgan fingerprint density at radius 2 is 2.35 bits per heavy atom. The van der Waals surface area contributed by atoms with Gasteiger partial charge in [-0.15, -0.1) is 28.1 Å². The number of rotatable bonds is 7. The number of tetrazole rings is 1. The minimum absolute atomic E-state index is 0.544. The molecule has 0 aliphatic rings. The summed E-state index contributed by atoms with van der Waals surface area (Å²) in [6.45, 7) is 9.25. The summed E-state index contributed by atoms with van der Waals surface area (Å²) in [6.07, 6.45) is 2.24. The zero-order valence-electron chi connectivity index (χ0n) is 12.3. The lowest BCUT2D eigenvalue weighted by Gasteiger charge is -2.24. The molecule has 0 bridgehead atoms. The van der Waals surface area contributed by atoms with Crippen LogP contribution >= 0.6 is 11.3 Å². The third-order valence-corrected chi connectivity index (χ3v) is 4.33. The maximum atomic E-state index is 4.00. The molecule has 0 aliphatic heterocycles. The van der Waals surface area contributed by atoms with Gasteiger partial charge in [-0.25, -0.2) is 0 Å². The predicted octanol–water partition coefficient (Wildman–Crippen LogP) is 3.10. The fourth-order valence-corrected chi connectivity index (χ4v) is 2.87. The van der Waals surface area contributed by atoms with E-state index >= 15 is 0 Å². The molecule has 0 radical (unpaired) electrons. The van der Waals surface area contributed by atoms with Gasteiger partial charge in [0.2, 0.25) is 5.82 Å². The van der Waals surface area contributed by atoms with E-state index in [1.807, 2.05) is 0 Å². The highest BCUT2D eigenvalue weighted by atomic mass is 32.1. The van der Waals surface area contributed by atoms with Crippen LogP contribution < -0.4 is 0 Å². The molecule has 2 aromatic heterocycles. The van der Waals surface area contributed by atoms with Crippen molar-refractivity contribution in [1.29, 1.82) is 0 Å². The van der Waals surface area contributed by atoms with Gasteiger partial charge in [0.15, 0.2) is 0 Å². The standard InChI is InChI=1S/C14H21N5S/c1-10(2)5-6-11(3)19(4)8-13-7-12(9-20-13)14-15-17-18-16-14/h7,9,11H,1,5-6,8H2,2-4H3,(H,15,16,17,18). The van der Waals surface area contributed by atoms with E-state index in [1.165, 1.54) is 10.5 Å². The molecule has 0 saturated carbocycles. The van der Waals surface area contributed by atoms with Crippen molar-refractivity contribution < 1.29 is 0 Å². The summed E-state index contributed by atoms with van der Waals surface area (Å²) in [6, 6.07) is 2.68. The number of allylic oxidation sites excluding steroid dienone is 1. The monoisotopic (exact) mass is 291 g/mol. The number of nitrogens with zero attached hydrogens (tertiary/aromatic N) is 4. The predicted molar refractivity (Wildman–Crippen MR) is 82.5 cm³/mol. The van der Waals surface area contributed by atoms with Gasteiger partial charge in [0.05, 0.1) is 0 Å². The highest BCUT2D eigenvalue weighted by Gasteiger charge is 2.12. The van der Waals surface area contributed by atoms with Crippen molar-refractivity contribution in [3.63, 3.8) is 0 Å². The van der Waals surface area contributed by atoms with Crippen LogP contribution in [0.1, 0.15) is 31.6 Å². The SMILES string of the molecule is C=C(C)CCC(C)N(C)Cc1cc(-c2nn[nH]n2)cs1. The van der Waals surface area contributed by atoms with Gasteiger partial charge in [0.1, 0.15) is 0 Å². The fourth-order valence-electron chi connectivity index (χ4n) is 1.94. The normalized spacial score (nSPS) is 12.8. The van der Waals surface area contributed by atoms with Crippen LogP contribution in [0.4, 0.5) is 0 Å². The topological polar surface area (TPSA) is 57.7 Å². The second-order valence-electron chi connectivity index (χ2n) is 5.30. The number of aromatic nitrogens is 4. The fraction of sp³-hybridized carbons (Fsp3) is 0.500. The van der Waals surface area contributed by atoms with E-state index in [9.17, 15) is 0 Å². The summed E-state index contributed by atoms with van der Waals surface area (Å²) in [5.74, 6) is 0.658. The lowest BCUT2D eigenvalue weighted by molar-refractivity contribution is 0.240. The zero-order chi connectivity index (χ0) is 14.5. The van der Waals surface area contributed by atoms with E-state index in [-0.39, 0.29) is 0 Å². The van der Waals surface area contributed by atoms with Crippen molar-refractivity contribution in [3.05, 3.63) is 28.5 Å². The van der Waals surface area contributed by atoms with E-state index in [4.69, 9.17) is 0 Å². The third-order valence-electron chi connectivity index (χ3n) is 3.40. The van der Waals surface area contributed by atoms with Crippen molar-refractivity contribution >= 4 is 11.3 Å². The number of aromatic amines is 1. The van der Waals surface area contributed by atoms with E-state index in [0.29, 0.717) is 11.9 Å². The van der Waals surface area contributed by atoms with Crippen LogP contribution in [0.15, 0.2) is 23.6 Å². The summed E-state index contributed by atoms with van der Waals surface area (Å²) in [5, 5.41) is 16.1. The van der Waals surface area contributed by atoms with Gasteiger partial charge in [0.25, 0.3) is 0 Å². The molecular weight excluding hydrogens is 270 g/mol. The molecule has 108 valence electrons. The van der Waals surface area contributed by atoms with Crippen molar-refractivity contribution in [2.45, 2.75) is 39.3 Å². The molecule has 0 amide bonds. The highest BCUT2D eigenvalue weighted by Crippen LogP contribution is 2.24. The first kappa shape index (κ1) is 14.9. The van der Waals surface area contributed by atoms with E-state index in [0.717, 1.165) is 24.9 Å². The van der Waals surface area contributed by atoms with E-state index in [2.05, 4.69) is 64.4 Å². The van der Waals surface area contributed by atoms with Crippen molar-refractivity contribution in [1.82, 2.24) is 25.5 Å². The second-order valence-corrected chi connectivity index (χ2v) is 6.29. The number of H-pyrrole nitrogens is 1. The molecule has 0 saturated heterocycles. The van der Waals surface area contributed by atoms with Crippen molar-refractivity contribution in [2.75, 3.05) is 7.05 Å². The van der Waals surface area contributed by atoms with Gasteiger partial charge in [-0.3, -0.25) is 4.90 Å². The van der Waals surface area contributed by atoms with Crippen molar-refractivity contribution in [2.24, 2.45) is 0 Å². The Bertz CT molecular complexity index is 546. The van der Waals surface area contributed by atoms with Crippen LogP contribution in [0.5, 0.6) is 0 Å². The molecular formula is C14H21N5S. The molecule has 1 N–H and O–H groups in total.